The summed E-state index contributed by atoms with van der Waals surface area (Å²) in [7, 11) is 0. The van der Waals surface area contributed by atoms with Crippen LogP contribution in [0.1, 0.15) is 11.4 Å². The molecule has 0 saturated heterocycles. The van der Waals surface area contributed by atoms with Crippen molar-refractivity contribution in [1.82, 2.24) is 9.55 Å². The highest BCUT2D eigenvalue weighted by Crippen LogP contribution is 2.21. The summed E-state index contributed by atoms with van der Waals surface area (Å²) in [5.41, 5.74) is 6.47. The molecule has 0 fully saturated rings. The van der Waals surface area contributed by atoms with Gasteiger partial charge in [0.15, 0.2) is 5.82 Å². The van der Waals surface area contributed by atoms with E-state index in [0.717, 1.165) is 5.56 Å². The summed E-state index contributed by atoms with van der Waals surface area (Å²) in [5.74, 6) is 0.566. The molecule has 0 amide bonds. The van der Waals surface area contributed by atoms with Gasteiger partial charge in [0.25, 0.3) is 0 Å². The maximum atomic E-state index is 6.09. The zero-order valence-electron chi connectivity index (χ0n) is 8.73. The molecule has 1 aromatic carbocycles. The lowest BCUT2D eigenvalue weighted by Gasteiger charge is -2.08. The third-order valence-corrected chi connectivity index (χ3v) is 3.07. The van der Waals surface area contributed by atoms with E-state index in [9.17, 15) is 0 Å². The van der Waals surface area contributed by atoms with Crippen LogP contribution in [-0.2, 0) is 6.54 Å². The predicted molar refractivity (Wildman–Crippen MR) is 73.7 cm³/mol. The van der Waals surface area contributed by atoms with Crippen LogP contribution in [0.25, 0.3) is 0 Å². The summed E-state index contributed by atoms with van der Waals surface area (Å²) in [6.45, 7) is 0.534. The Morgan fingerprint density at radius 2 is 2.18 bits per heavy atom. The van der Waals surface area contributed by atoms with Gasteiger partial charge in [-0.25, -0.2) is 4.98 Å². The molecule has 17 heavy (non-hydrogen) atoms. The van der Waals surface area contributed by atoms with E-state index in [1.54, 1.807) is 24.5 Å². The molecule has 2 rings (SSSR count). The van der Waals surface area contributed by atoms with E-state index in [1.165, 1.54) is 0 Å². The second kappa shape index (κ2) is 5.04. The van der Waals surface area contributed by atoms with Crippen molar-refractivity contribution in [3.63, 3.8) is 0 Å². The molecule has 1 aromatic heterocycles. The molecular formula is C11H9Cl2N3S. The highest BCUT2D eigenvalue weighted by molar-refractivity contribution is 7.80. The monoisotopic (exact) mass is 285 g/mol. The van der Waals surface area contributed by atoms with Gasteiger partial charge in [-0.1, -0.05) is 35.4 Å². The number of benzene rings is 1. The zero-order valence-corrected chi connectivity index (χ0v) is 11.1. The quantitative estimate of drug-likeness (QED) is 0.882. The van der Waals surface area contributed by atoms with Gasteiger partial charge in [-0.2, -0.15) is 0 Å². The summed E-state index contributed by atoms with van der Waals surface area (Å²) in [6, 6.07) is 5.32. The van der Waals surface area contributed by atoms with Crippen molar-refractivity contribution < 1.29 is 0 Å². The van der Waals surface area contributed by atoms with Crippen molar-refractivity contribution >= 4 is 40.4 Å². The average Bonchev–Trinajstić information content (AvgIpc) is 2.71. The Hall–Kier alpha value is -1.10. The predicted octanol–water partition coefficient (Wildman–Crippen LogP) is 2.87. The standard InChI is InChI=1S/C11H9Cl2N3S/c12-8-1-2-9(13)7(5-8)6-16-4-3-15-11(16)10(14)17/h1-5H,6H2,(H2,14,17). The largest absolute Gasteiger partial charge is 0.387 e. The molecule has 0 atom stereocenters. The number of thiocarbonyl (C=S) groups is 1. The van der Waals surface area contributed by atoms with Gasteiger partial charge in [0.2, 0.25) is 0 Å². The SMILES string of the molecule is NC(=S)c1nccn1Cc1cc(Cl)ccc1Cl. The molecule has 2 N–H and O–H groups in total. The molecule has 0 aliphatic rings. The van der Waals surface area contributed by atoms with Crippen LogP contribution in [0.15, 0.2) is 30.6 Å². The summed E-state index contributed by atoms with van der Waals surface area (Å²) in [6.07, 6.45) is 3.44. The fraction of sp³-hybridized carbons (Fsp3) is 0.0909. The van der Waals surface area contributed by atoms with Gasteiger partial charge >= 0.3 is 0 Å². The van der Waals surface area contributed by atoms with Gasteiger partial charge in [-0.3, -0.25) is 0 Å². The maximum absolute atomic E-state index is 6.09. The fourth-order valence-corrected chi connectivity index (χ4v) is 2.05. The summed E-state index contributed by atoms with van der Waals surface area (Å²) >= 11 is 16.9. The van der Waals surface area contributed by atoms with E-state index in [0.29, 0.717) is 22.4 Å². The molecule has 0 aliphatic carbocycles. The van der Waals surface area contributed by atoms with E-state index in [1.807, 2.05) is 10.6 Å². The Bertz CT molecular complexity index is 566. The third-order valence-electron chi connectivity index (χ3n) is 2.28. The Morgan fingerprint density at radius 1 is 1.41 bits per heavy atom. The lowest BCUT2D eigenvalue weighted by atomic mass is 10.2. The molecule has 0 aliphatic heterocycles. The Morgan fingerprint density at radius 3 is 2.88 bits per heavy atom. The van der Waals surface area contributed by atoms with Crippen molar-refractivity contribution in [2.45, 2.75) is 6.54 Å². The molecule has 88 valence electrons. The first-order valence-corrected chi connectivity index (χ1v) is 5.99. The zero-order chi connectivity index (χ0) is 12.4. The Kier molecular flexibility index (Phi) is 3.66. The minimum Gasteiger partial charge on any atom is -0.387 e. The molecule has 0 saturated carbocycles. The van der Waals surface area contributed by atoms with Crippen LogP contribution >= 0.6 is 35.4 Å². The third kappa shape index (κ3) is 2.77. The molecule has 0 radical (unpaired) electrons. The van der Waals surface area contributed by atoms with Crippen molar-refractivity contribution in [3.8, 4) is 0 Å². The van der Waals surface area contributed by atoms with Gasteiger partial charge in [0.05, 0.1) is 6.54 Å². The molecule has 0 bridgehead atoms. The lowest BCUT2D eigenvalue weighted by molar-refractivity contribution is 0.788. The van der Waals surface area contributed by atoms with Gasteiger partial charge in [0, 0.05) is 22.4 Å². The maximum Gasteiger partial charge on any atom is 0.167 e. The highest BCUT2D eigenvalue weighted by Gasteiger charge is 2.08. The normalized spacial score (nSPS) is 10.5. The molecule has 2 aromatic rings. The van der Waals surface area contributed by atoms with E-state index in [-0.39, 0.29) is 4.99 Å². The molecule has 0 spiro atoms. The summed E-state index contributed by atoms with van der Waals surface area (Å²) in [5, 5.41) is 1.29. The van der Waals surface area contributed by atoms with Crippen molar-refractivity contribution in [2.75, 3.05) is 0 Å². The van der Waals surface area contributed by atoms with E-state index in [4.69, 9.17) is 41.2 Å². The number of hydrogen-bond acceptors (Lipinski definition) is 2. The number of aromatic nitrogens is 2. The van der Waals surface area contributed by atoms with Crippen molar-refractivity contribution in [2.24, 2.45) is 5.73 Å². The van der Waals surface area contributed by atoms with Crippen LogP contribution in [-0.4, -0.2) is 14.5 Å². The van der Waals surface area contributed by atoms with E-state index in [2.05, 4.69) is 4.98 Å². The molecule has 1 heterocycles. The number of hydrogen-bond donors (Lipinski definition) is 1. The number of nitrogens with two attached hydrogens (primary N) is 1. The summed E-state index contributed by atoms with van der Waals surface area (Å²) < 4.78 is 1.83. The van der Waals surface area contributed by atoms with Crippen LogP contribution in [0.4, 0.5) is 0 Å². The van der Waals surface area contributed by atoms with Crippen LogP contribution in [0, 0.1) is 0 Å². The Labute approximate surface area is 114 Å². The van der Waals surface area contributed by atoms with Gasteiger partial charge < -0.3 is 10.3 Å². The van der Waals surface area contributed by atoms with E-state index >= 15 is 0 Å². The molecule has 6 heteroatoms. The van der Waals surface area contributed by atoms with Crippen molar-refractivity contribution in [1.29, 1.82) is 0 Å². The lowest BCUT2D eigenvalue weighted by Crippen LogP contribution is -2.17. The fourth-order valence-electron chi connectivity index (χ4n) is 1.51. The van der Waals surface area contributed by atoms with Crippen molar-refractivity contribution in [3.05, 3.63) is 52.0 Å². The molecular weight excluding hydrogens is 277 g/mol. The van der Waals surface area contributed by atoms with E-state index < -0.39 is 0 Å². The second-order valence-corrected chi connectivity index (χ2v) is 4.76. The van der Waals surface area contributed by atoms with Crippen LogP contribution in [0.5, 0.6) is 0 Å². The smallest absolute Gasteiger partial charge is 0.167 e. The minimum absolute atomic E-state index is 0.258. The average molecular weight is 286 g/mol. The van der Waals surface area contributed by atoms with Gasteiger partial charge in [-0.15, -0.1) is 0 Å². The van der Waals surface area contributed by atoms with Crippen LogP contribution < -0.4 is 5.73 Å². The first-order valence-electron chi connectivity index (χ1n) is 4.83. The first kappa shape index (κ1) is 12.4. The number of nitrogens with zero attached hydrogens (tertiary/aromatic N) is 2. The Balaban J connectivity index is 2.34. The molecule has 3 nitrogen and oxygen atoms in total. The number of imidazole rings is 1. The van der Waals surface area contributed by atoms with Crippen LogP contribution in [0.3, 0.4) is 0 Å². The van der Waals surface area contributed by atoms with Gasteiger partial charge in [-0.05, 0) is 23.8 Å². The number of halogens is 2. The summed E-state index contributed by atoms with van der Waals surface area (Å²) in [4.78, 5) is 4.34. The second-order valence-electron chi connectivity index (χ2n) is 3.48. The highest BCUT2D eigenvalue weighted by atomic mass is 35.5. The first-order chi connectivity index (χ1) is 8.08. The van der Waals surface area contributed by atoms with Gasteiger partial charge in [0.1, 0.15) is 4.99 Å². The topological polar surface area (TPSA) is 43.8 Å². The number of rotatable bonds is 3. The van der Waals surface area contributed by atoms with Crippen LogP contribution in [0.2, 0.25) is 10.0 Å². The molecule has 0 unspecified atom stereocenters. The minimum atomic E-state index is 0.258.